The summed E-state index contributed by atoms with van der Waals surface area (Å²) >= 11 is 0. The Balaban J connectivity index is 2.69. The second kappa shape index (κ2) is 5.51. The Labute approximate surface area is 98.7 Å². The third kappa shape index (κ3) is 4.02. The van der Waals surface area contributed by atoms with E-state index < -0.39 is 11.7 Å². The zero-order chi connectivity index (χ0) is 13.1. The number of hydrogen-bond acceptors (Lipinski definition) is 2. The summed E-state index contributed by atoms with van der Waals surface area (Å²) in [5.41, 5.74) is 0.153. The van der Waals surface area contributed by atoms with E-state index in [9.17, 15) is 13.2 Å². The van der Waals surface area contributed by atoms with Gasteiger partial charge in [-0.25, -0.2) is 0 Å². The van der Waals surface area contributed by atoms with Crippen LogP contribution in [0.5, 0.6) is 0 Å². The fourth-order valence-corrected chi connectivity index (χ4v) is 1.38. The van der Waals surface area contributed by atoms with Gasteiger partial charge in [0.15, 0.2) is 0 Å². The van der Waals surface area contributed by atoms with Gasteiger partial charge in [-0.2, -0.15) is 13.2 Å². The molecule has 0 fully saturated rings. The molecule has 1 rings (SSSR count). The van der Waals surface area contributed by atoms with Crippen LogP contribution in [-0.2, 0) is 12.7 Å². The van der Waals surface area contributed by atoms with Crippen molar-refractivity contribution in [2.45, 2.75) is 25.7 Å². The normalized spacial score (nSPS) is 14.1. The lowest BCUT2D eigenvalue weighted by atomic mass is 10.1. The van der Waals surface area contributed by atoms with Crippen molar-refractivity contribution in [1.82, 2.24) is 4.90 Å². The largest absolute Gasteiger partial charge is 0.416 e. The summed E-state index contributed by atoms with van der Waals surface area (Å²) in [7, 11) is 1.82. The molecule has 0 heterocycles. The third-order valence-electron chi connectivity index (χ3n) is 2.73. The molecule has 17 heavy (non-hydrogen) atoms. The van der Waals surface area contributed by atoms with Crippen LogP contribution in [0, 0.1) is 0 Å². The van der Waals surface area contributed by atoms with Gasteiger partial charge in [0.05, 0.1) is 12.2 Å². The molecule has 0 radical (unpaired) electrons. The maximum absolute atomic E-state index is 12.3. The van der Waals surface area contributed by atoms with Crippen molar-refractivity contribution in [2.24, 2.45) is 0 Å². The number of hydrogen-bond donors (Lipinski definition) is 1. The Morgan fingerprint density at radius 3 is 2.18 bits per heavy atom. The summed E-state index contributed by atoms with van der Waals surface area (Å²) in [4.78, 5) is 1.88. The molecule has 1 atom stereocenters. The minimum atomic E-state index is -4.29. The van der Waals surface area contributed by atoms with E-state index >= 15 is 0 Å². The number of alkyl halides is 3. The molecule has 0 aliphatic heterocycles. The third-order valence-corrected chi connectivity index (χ3v) is 2.73. The van der Waals surface area contributed by atoms with Gasteiger partial charge in [0.1, 0.15) is 0 Å². The smallest absolute Gasteiger partial charge is 0.395 e. The van der Waals surface area contributed by atoms with E-state index in [1.165, 1.54) is 12.1 Å². The van der Waals surface area contributed by atoms with Crippen molar-refractivity contribution >= 4 is 0 Å². The molecule has 0 bridgehead atoms. The van der Waals surface area contributed by atoms with E-state index in [1.54, 1.807) is 0 Å². The van der Waals surface area contributed by atoms with Crippen LogP contribution in [0.3, 0.4) is 0 Å². The number of likely N-dealkylation sites (N-methyl/N-ethyl adjacent to an activating group) is 1. The first-order valence-electron chi connectivity index (χ1n) is 5.32. The highest BCUT2D eigenvalue weighted by Crippen LogP contribution is 2.29. The molecule has 5 heteroatoms. The Hall–Kier alpha value is -1.07. The van der Waals surface area contributed by atoms with Gasteiger partial charge in [-0.15, -0.1) is 0 Å². The monoisotopic (exact) mass is 247 g/mol. The SMILES string of the molecule is CC(CO)N(C)Cc1ccc(C(F)(F)F)cc1. The summed E-state index contributed by atoms with van der Waals surface area (Å²) < 4.78 is 37.0. The van der Waals surface area contributed by atoms with Crippen LogP contribution in [-0.4, -0.2) is 29.7 Å². The molecule has 2 nitrogen and oxygen atoms in total. The van der Waals surface area contributed by atoms with Gasteiger partial charge in [0.2, 0.25) is 0 Å². The van der Waals surface area contributed by atoms with Crippen LogP contribution in [0.1, 0.15) is 18.1 Å². The van der Waals surface area contributed by atoms with E-state index in [0.29, 0.717) is 6.54 Å². The number of benzene rings is 1. The standard InChI is InChI=1S/C12H16F3NO/c1-9(8-17)16(2)7-10-3-5-11(6-4-10)12(13,14)15/h3-6,9,17H,7-8H2,1-2H3. The Morgan fingerprint density at radius 1 is 1.24 bits per heavy atom. The number of aliphatic hydroxyl groups is 1. The van der Waals surface area contributed by atoms with Crippen molar-refractivity contribution in [1.29, 1.82) is 0 Å². The molecule has 1 aromatic rings. The van der Waals surface area contributed by atoms with E-state index in [4.69, 9.17) is 5.11 Å². The summed E-state index contributed by atoms with van der Waals surface area (Å²) in [5.74, 6) is 0. The lowest BCUT2D eigenvalue weighted by molar-refractivity contribution is -0.137. The quantitative estimate of drug-likeness (QED) is 0.883. The molecular weight excluding hydrogens is 231 g/mol. The Morgan fingerprint density at radius 2 is 1.76 bits per heavy atom. The summed E-state index contributed by atoms with van der Waals surface area (Å²) in [6, 6.07) is 5.06. The fourth-order valence-electron chi connectivity index (χ4n) is 1.38. The van der Waals surface area contributed by atoms with Crippen molar-refractivity contribution in [3.63, 3.8) is 0 Å². The summed E-state index contributed by atoms with van der Waals surface area (Å²) in [6.45, 7) is 2.39. The molecule has 0 aromatic heterocycles. The molecule has 0 spiro atoms. The maximum atomic E-state index is 12.3. The number of halogens is 3. The van der Waals surface area contributed by atoms with Gasteiger partial charge in [0.25, 0.3) is 0 Å². The van der Waals surface area contributed by atoms with Gasteiger partial charge < -0.3 is 5.11 Å². The minimum Gasteiger partial charge on any atom is -0.395 e. The van der Waals surface area contributed by atoms with Crippen LogP contribution in [0.2, 0.25) is 0 Å². The molecule has 0 aliphatic rings. The van der Waals surface area contributed by atoms with Crippen molar-refractivity contribution in [3.8, 4) is 0 Å². The molecule has 0 saturated carbocycles. The van der Waals surface area contributed by atoms with Crippen LogP contribution < -0.4 is 0 Å². The van der Waals surface area contributed by atoms with E-state index in [-0.39, 0.29) is 12.6 Å². The van der Waals surface area contributed by atoms with E-state index in [0.717, 1.165) is 17.7 Å². The van der Waals surface area contributed by atoms with Crippen molar-refractivity contribution in [3.05, 3.63) is 35.4 Å². The van der Waals surface area contributed by atoms with Crippen LogP contribution in [0.25, 0.3) is 0 Å². The van der Waals surface area contributed by atoms with Crippen LogP contribution in [0.15, 0.2) is 24.3 Å². The van der Waals surface area contributed by atoms with Gasteiger partial charge in [-0.1, -0.05) is 12.1 Å². The van der Waals surface area contributed by atoms with Crippen LogP contribution >= 0.6 is 0 Å². The fraction of sp³-hybridized carbons (Fsp3) is 0.500. The highest BCUT2D eigenvalue weighted by atomic mass is 19.4. The predicted molar refractivity (Wildman–Crippen MR) is 59.5 cm³/mol. The number of rotatable bonds is 4. The zero-order valence-electron chi connectivity index (χ0n) is 9.83. The van der Waals surface area contributed by atoms with Gasteiger partial charge in [-0.05, 0) is 31.7 Å². The molecule has 0 amide bonds. The predicted octanol–water partition coefficient (Wildman–Crippen LogP) is 2.52. The van der Waals surface area contributed by atoms with Gasteiger partial charge in [0, 0.05) is 12.6 Å². The highest BCUT2D eigenvalue weighted by Gasteiger charge is 2.29. The topological polar surface area (TPSA) is 23.5 Å². The van der Waals surface area contributed by atoms with E-state index in [2.05, 4.69) is 0 Å². The molecule has 96 valence electrons. The molecule has 1 aromatic carbocycles. The molecule has 1 N–H and O–H groups in total. The molecule has 0 saturated heterocycles. The molecule has 0 aliphatic carbocycles. The Kier molecular flexibility index (Phi) is 4.54. The van der Waals surface area contributed by atoms with Gasteiger partial charge >= 0.3 is 6.18 Å². The zero-order valence-corrected chi connectivity index (χ0v) is 9.83. The number of aliphatic hydroxyl groups excluding tert-OH is 1. The lowest BCUT2D eigenvalue weighted by Crippen LogP contribution is -2.31. The average Bonchev–Trinajstić information content (AvgIpc) is 2.27. The first-order valence-corrected chi connectivity index (χ1v) is 5.32. The minimum absolute atomic E-state index is 0.0164. The van der Waals surface area contributed by atoms with E-state index in [1.807, 2.05) is 18.9 Å². The van der Waals surface area contributed by atoms with Crippen molar-refractivity contribution in [2.75, 3.05) is 13.7 Å². The van der Waals surface area contributed by atoms with Crippen molar-refractivity contribution < 1.29 is 18.3 Å². The first kappa shape index (κ1) is 14.0. The average molecular weight is 247 g/mol. The van der Waals surface area contributed by atoms with Crippen LogP contribution in [0.4, 0.5) is 13.2 Å². The maximum Gasteiger partial charge on any atom is 0.416 e. The Bertz CT molecular complexity index is 348. The first-order chi connectivity index (χ1) is 7.84. The molecular formula is C12H16F3NO. The van der Waals surface area contributed by atoms with Gasteiger partial charge in [-0.3, -0.25) is 4.90 Å². The second-order valence-electron chi connectivity index (χ2n) is 4.14. The summed E-state index contributed by atoms with van der Waals surface area (Å²) in [6.07, 6.45) is -4.29. The second-order valence-corrected chi connectivity index (χ2v) is 4.14. The number of nitrogens with zero attached hydrogens (tertiary/aromatic N) is 1. The molecule has 1 unspecified atom stereocenters. The lowest BCUT2D eigenvalue weighted by Gasteiger charge is -2.22. The highest BCUT2D eigenvalue weighted by molar-refractivity contribution is 5.24. The summed E-state index contributed by atoms with van der Waals surface area (Å²) in [5, 5.41) is 8.94.